The van der Waals surface area contributed by atoms with Gasteiger partial charge in [0.1, 0.15) is 35.0 Å². The number of nitrogens with zero attached hydrogens (tertiary/aromatic N) is 1. The van der Waals surface area contributed by atoms with E-state index in [0.717, 1.165) is 0 Å². The van der Waals surface area contributed by atoms with Crippen LogP contribution in [0.4, 0.5) is 5.69 Å². The fraction of sp³-hybridized carbons (Fsp3) is 0.160. The summed E-state index contributed by atoms with van der Waals surface area (Å²) in [4.78, 5) is 12.8. The Morgan fingerprint density at radius 2 is 1.82 bits per heavy atom. The lowest BCUT2D eigenvalue weighted by Gasteiger charge is -2.22. The zero-order chi connectivity index (χ0) is 23.4. The lowest BCUT2D eigenvalue weighted by Crippen LogP contribution is -2.07. The molecule has 0 radical (unpaired) electrons. The van der Waals surface area contributed by atoms with Crippen LogP contribution >= 0.6 is 0 Å². The molecule has 0 saturated heterocycles. The van der Waals surface area contributed by atoms with Crippen LogP contribution in [0.2, 0.25) is 0 Å². The van der Waals surface area contributed by atoms with Crippen molar-refractivity contribution < 1.29 is 28.6 Å². The second-order valence-corrected chi connectivity index (χ2v) is 7.14. The standard InChI is InChI=1S/C25H22NO7/c1-3-31-25(27)23-21-14-20(32-15-16-5-4-6-18(13-16)26(28)29)11-12-22(21)33-24(23)17-7-9-19(30-2)10-8-17/h4-14,28H,3,15H2,1-2H3/q-1. The molecule has 0 bridgehead atoms. The van der Waals surface area contributed by atoms with Gasteiger partial charge >= 0.3 is 5.97 Å². The first-order valence-corrected chi connectivity index (χ1v) is 10.3. The van der Waals surface area contributed by atoms with Crippen LogP contribution in [0.25, 0.3) is 22.3 Å². The number of carbonyl (C=O) groups excluding carboxylic acids is 1. The van der Waals surface area contributed by atoms with Crippen molar-refractivity contribution >= 4 is 22.6 Å². The molecule has 8 nitrogen and oxygen atoms in total. The molecule has 0 aliphatic heterocycles. The van der Waals surface area contributed by atoms with Gasteiger partial charge < -0.3 is 29.1 Å². The molecule has 0 unspecified atom stereocenters. The Bertz CT molecular complexity index is 1260. The SMILES string of the molecule is CCOC(=O)c1c(-c2ccc(OC)cc2)oc2ccc(OCc3cccc(N([O-])O)c3)cc12. The van der Waals surface area contributed by atoms with Gasteiger partial charge in [0, 0.05) is 10.9 Å². The van der Waals surface area contributed by atoms with Gasteiger partial charge in [0.15, 0.2) is 0 Å². The van der Waals surface area contributed by atoms with E-state index in [4.69, 9.17) is 23.8 Å². The summed E-state index contributed by atoms with van der Waals surface area (Å²) >= 11 is 0. The lowest BCUT2D eigenvalue weighted by molar-refractivity contribution is 0.0528. The maximum Gasteiger partial charge on any atom is 0.342 e. The van der Waals surface area contributed by atoms with Gasteiger partial charge in [-0.3, -0.25) is 5.21 Å². The number of benzene rings is 3. The molecule has 1 N–H and O–H groups in total. The molecule has 1 aromatic heterocycles. The van der Waals surface area contributed by atoms with Gasteiger partial charge in [-0.1, -0.05) is 12.1 Å². The molecular formula is C25H22NO7-. The van der Waals surface area contributed by atoms with Gasteiger partial charge in [-0.15, -0.1) is 0 Å². The van der Waals surface area contributed by atoms with Gasteiger partial charge in [-0.05, 0) is 67.1 Å². The number of rotatable bonds is 8. The molecule has 0 amide bonds. The molecule has 33 heavy (non-hydrogen) atoms. The van der Waals surface area contributed by atoms with Crippen LogP contribution in [0.3, 0.4) is 0 Å². The van der Waals surface area contributed by atoms with Crippen LogP contribution in [-0.2, 0) is 11.3 Å². The summed E-state index contributed by atoms with van der Waals surface area (Å²) in [7, 11) is 1.58. The summed E-state index contributed by atoms with van der Waals surface area (Å²) in [6.07, 6.45) is 0. The molecule has 0 aliphatic carbocycles. The maximum absolute atomic E-state index is 12.8. The molecule has 4 aromatic rings. The van der Waals surface area contributed by atoms with Crippen molar-refractivity contribution in [2.75, 3.05) is 18.9 Å². The van der Waals surface area contributed by atoms with Gasteiger partial charge in [0.05, 0.1) is 19.4 Å². The molecule has 4 rings (SSSR count). The molecular weight excluding hydrogens is 426 g/mol. The van der Waals surface area contributed by atoms with Gasteiger partial charge in [0.2, 0.25) is 0 Å². The van der Waals surface area contributed by atoms with Crippen molar-refractivity contribution in [3.63, 3.8) is 0 Å². The van der Waals surface area contributed by atoms with Crippen molar-refractivity contribution in [3.8, 4) is 22.8 Å². The van der Waals surface area contributed by atoms with Crippen molar-refractivity contribution in [1.82, 2.24) is 0 Å². The third-order valence-corrected chi connectivity index (χ3v) is 5.03. The number of fused-ring (bicyclic) bond motifs is 1. The van der Waals surface area contributed by atoms with Gasteiger partial charge in [0.25, 0.3) is 0 Å². The molecule has 3 aromatic carbocycles. The molecule has 0 saturated carbocycles. The maximum atomic E-state index is 12.8. The number of esters is 1. The molecule has 0 spiro atoms. The van der Waals surface area contributed by atoms with Crippen LogP contribution in [0.15, 0.2) is 71.1 Å². The summed E-state index contributed by atoms with van der Waals surface area (Å²) in [6.45, 7) is 2.12. The number of anilines is 1. The number of carbonyl (C=O) groups is 1. The normalized spacial score (nSPS) is 10.8. The van der Waals surface area contributed by atoms with Crippen molar-refractivity contribution in [2.24, 2.45) is 0 Å². The third kappa shape index (κ3) is 4.77. The van der Waals surface area contributed by atoms with Crippen LogP contribution in [0.5, 0.6) is 11.5 Å². The zero-order valence-corrected chi connectivity index (χ0v) is 18.1. The van der Waals surface area contributed by atoms with E-state index in [2.05, 4.69) is 0 Å². The summed E-state index contributed by atoms with van der Waals surface area (Å²) in [6, 6.07) is 18.8. The number of methoxy groups -OCH3 is 1. The minimum Gasteiger partial charge on any atom is -0.733 e. The zero-order valence-electron chi connectivity index (χ0n) is 18.1. The summed E-state index contributed by atoms with van der Waals surface area (Å²) < 4.78 is 22.4. The second-order valence-electron chi connectivity index (χ2n) is 7.14. The van der Waals surface area contributed by atoms with Gasteiger partial charge in [-0.25, -0.2) is 4.79 Å². The Balaban J connectivity index is 1.69. The second kappa shape index (κ2) is 9.64. The van der Waals surface area contributed by atoms with E-state index < -0.39 is 5.97 Å². The highest BCUT2D eigenvalue weighted by molar-refractivity contribution is 6.09. The Hall–Kier alpha value is -4.01. The van der Waals surface area contributed by atoms with Crippen molar-refractivity contribution in [1.29, 1.82) is 0 Å². The molecule has 1 heterocycles. The Morgan fingerprint density at radius 3 is 2.52 bits per heavy atom. The highest BCUT2D eigenvalue weighted by Gasteiger charge is 2.24. The van der Waals surface area contributed by atoms with E-state index in [1.165, 1.54) is 12.1 Å². The van der Waals surface area contributed by atoms with E-state index in [1.54, 1.807) is 56.5 Å². The Kier molecular flexibility index (Phi) is 6.48. The van der Waals surface area contributed by atoms with Crippen LogP contribution in [0, 0.1) is 5.21 Å². The minimum atomic E-state index is -0.495. The predicted octanol–water partition coefficient (Wildman–Crippen LogP) is 5.56. The average molecular weight is 448 g/mol. The highest BCUT2D eigenvalue weighted by atomic mass is 16.8. The van der Waals surface area contributed by atoms with E-state index in [-0.39, 0.29) is 24.1 Å². The highest BCUT2D eigenvalue weighted by Crippen LogP contribution is 2.37. The first kappa shape index (κ1) is 22.2. The summed E-state index contributed by atoms with van der Waals surface area (Å²) in [5, 5.41) is 20.5. The first-order chi connectivity index (χ1) is 16.0. The summed E-state index contributed by atoms with van der Waals surface area (Å²) in [5.74, 6) is 1.09. The predicted molar refractivity (Wildman–Crippen MR) is 123 cm³/mol. The van der Waals surface area contributed by atoms with Gasteiger partial charge in [-0.2, -0.15) is 0 Å². The lowest BCUT2D eigenvalue weighted by atomic mass is 10.1. The first-order valence-electron chi connectivity index (χ1n) is 10.3. The van der Waals surface area contributed by atoms with Crippen LogP contribution in [-0.4, -0.2) is 24.9 Å². The Labute approximate surface area is 190 Å². The van der Waals surface area contributed by atoms with E-state index in [1.807, 2.05) is 12.1 Å². The third-order valence-electron chi connectivity index (χ3n) is 5.03. The topological polar surface area (TPSA) is 104 Å². The number of ether oxygens (including phenoxy) is 3. The largest absolute Gasteiger partial charge is 0.733 e. The van der Waals surface area contributed by atoms with E-state index >= 15 is 0 Å². The van der Waals surface area contributed by atoms with Crippen molar-refractivity contribution in [3.05, 3.63) is 83.1 Å². The molecule has 8 heteroatoms. The van der Waals surface area contributed by atoms with Crippen molar-refractivity contribution in [2.45, 2.75) is 13.5 Å². The monoisotopic (exact) mass is 448 g/mol. The Morgan fingerprint density at radius 1 is 1.06 bits per heavy atom. The van der Waals surface area contributed by atoms with Crippen LogP contribution in [0.1, 0.15) is 22.8 Å². The molecule has 0 fully saturated rings. The molecule has 0 aliphatic rings. The summed E-state index contributed by atoms with van der Waals surface area (Å²) in [5.41, 5.74) is 2.34. The van der Waals surface area contributed by atoms with E-state index in [0.29, 0.717) is 44.9 Å². The average Bonchev–Trinajstić information content (AvgIpc) is 3.22. The molecule has 0 atom stereocenters. The fourth-order valence-corrected chi connectivity index (χ4v) is 3.45. The quantitative estimate of drug-likeness (QED) is 0.276. The smallest absolute Gasteiger partial charge is 0.342 e. The fourth-order valence-electron chi connectivity index (χ4n) is 3.45. The number of hydrogen-bond donors (Lipinski definition) is 1. The molecule has 170 valence electrons. The minimum absolute atomic E-state index is 0.107. The number of furan rings is 1. The van der Waals surface area contributed by atoms with E-state index in [9.17, 15) is 10.0 Å². The van der Waals surface area contributed by atoms with Crippen LogP contribution < -0.4 is 14.7 Å². The number of hydrogen-bond acceptors (Lipinski definition) is 8.